The molecule has 29 heavy (non-hydrogen) atoms. The predicted octanol–water partition coefficient (Wildman–Crippen LogP) is 4.63. The van der Waals surface area contributed by atoms with E-state index in [4.69, 9.17) is 16.3 Å². The van der Waals surface area contributed by atoms with Gasteiger partial charge in [0.1, 0.15) is 0 Å². The zero-order chi connectivity index (χ0) is 21.0. The second-order valence-electron chi connectivity index (χ2n) is 7.36. The molecule has 1 amide bonds. The molecule has 0 aliphatic carbocycles. The number of Topliss-reactive ketones (excluding diaryl/α,β-unsaturated/α-hetero) is 1. The molecular weight excluding hydrogens is 410 g/mol. The molecule has 0 N–H and O–H groups in total. The Morgan fingerprint density at radius 3 is 2.62 bits per heavy atom. The van der Waals surface area contributed by atoms with E-state index in [1.54, 1.807) is 30.0 Å². The Kier molecular flexibility index (Phi) is 6.75. The lowest BCUT2D eigenvalue weighted by Crippen LogP contribution is -2.51. The highest BCUT2D eigenvalue weighted by atomic mass is 35.5. The number of benzene rings is 1. The molecule has 1 atom stereocenters. The van der Waals surface area contributed by atoms with Crippen molar-refractivity contribution in [3.8, 4) is 0 Å². The number of amides is 1. The highest BCUT2D eigenvalue weighted by molar-refractivity contribution is 7.15. The molecule has 5 nitrogen and oxygen atoms in total. The molecular formula is C22H24ClNO4S. The van der Waals surface area contributed by atoms with E-state index in [-0.39, 0.29) is 30.8 Å². The first-order valence-electron chi connectivity index (χ1n) is 9.66. The molecule has 1 aromatic heterocycles. The van der Waals surface area contributed by atoms with E-state index in [0.717, 1.165) is 5.56 Å². The molecule has 0 bridgehead atoms. The topological polar surface area (TPSA) is 63.7 Å². The number of hydrogen-bond donors (Lipinski definition) is 0. The zero-order valence-corrected chi connectivity index (χ0v) is 18.1. The lowest BCUT2D eigenvalue weighted by molar-refractivity contribution is -0.158. The molecule has 1 aliphatic rings. The quantitative estimate of drug-likeness (QED) is 0.492. The zero-order valence-electron chi connectivity index (χ0n) is 16.6. The first-order valence-corrected chi connectivity index (χ1v) is 10.9. The summed E-state index contributed by atoms with van der Waals surface area (Å²) in [6.07, 6.45) is 1.81. The summed E-state index contributed by atoms with van der Waals surface area (Å²) in [4.78, 5) is 40.4. The van der Waals surface area contributed by atoms with Gasteiger partial charge in [0.05, 0.1) is 21.8 Å². The van der Waals surface area contributed by atoms with Gasteiger partial charge in [-0.1, -0.05) is 23.7 Å². The molecule has 1 aromatic carbocycles. The molecule has 1 fully saturated rings. The van der Waals surface area contributed by atoms with Crippen molar-refractivity contribution < 1.29 is 19.1 Å². The van der Waals surface area contributed by atoms with Gasteiger partial charge in [0.2, 0.25) is 0 Å². The van der Waals surface area contributed by atoms with E-state index in [9.17, 15) is 14.4 Å². The van der Waals surface area contributed by atoms with Crippen LogP contribution in [0.15, 0.2) is 36.4 Å². The number of rotatable bonds is 6. The highest BCUT2D eigenvalue weighted by Crippen LogP contribution is 2.37. The van der Waals surface area contributed by atoms with E-state index in [0.29, 0.717) is 40.6 Å². The summed E-state index contributed by atoms with van der Waals surface area (Å²) >= 11 is 7.32. The van der Waals surface area contributed by atoms with Crippen LogP contribution in [0.5, 0.6) is 0 Å². The number of piperidine rings is 1. The second-order valence-corrected chi connectivity index (χ2v) is 8.88. The van der Waals surface area contributed by atoms with E-state index >= 15 is 0 Å². The molecule has 1 unspecified atom stereocenters. The van der Waals surface area contributed by atoms with Crippen LogP contribution in [0.25, 0.3) is 0 Å². The second kappa shape index (κ2) is 9.09. The smallest absolute Gasteiger partial charge is 0.314 e. The number of esters is 1. The third kappa shape index (κ3) is 4.87. The predicted molar refractivity (Wildman–Crippen MR) is 114 cm³/mol. The molecule has 154 valence electrons. The van der Waals surface area contributed by atoms with Crippen LogP contribution >= 0.6 is 22.9 Å². The lowest BCUT2D eigenvalue weighted by atomic mass is 9.75. The van der Waals surface area contributed by atoms with Gasteiger partial charge >= 0.3 is 5.97 Å². The van der Waals surface area contributed by atoms with Gasteiger partial charge in [-0.3, -0.25) is 14.4 Å². The van der Waals surface area contributed by atoms with Gasteiger partial charge in [-0.15, -0.1) is 11.3 Å². The Bertz CT molecular complexity index is 925. The fourth-order valence-corrected chi connectivity index (χ4v) is 4.89. The minimum atomic E-state index is -0.810. The number of carbonyl (C=O) groups excluding carboxylic acids is 3. The fraction of sp³-hybridized carbons (Fsp3) is 0.409. The number of ketones is 1. The van der Waals surface area contributed by atoms with Gasteiger partial charge in [0.25, 0.3) is 5.91 Å². The summed E-state index contributed by atoms with van der Waals surface area (Å²) in [6, 6.07) is 10.8. The van der Waals surface area contributed by atoms with E-state index < -0.39 is 5.41 Å². The Morgan fingerprint density at radius 1 is 1.21 bits per heavy atom. The van der Waals surface area contributed by atoms with Gasteiger partial charge < -0.3 is 9.64 Å². The van der Waals surface area contributed by atoms with Crippen molar-refractivity contribution in [3.63, 3.8) is 0 Å². The fourth-order valence-electron chi connectivity index (χ4n) is 3.81. The van der Waals surface area contributed by atoms with Crippen LogP contribution in [0.3, 0.4) is 0 Å². The number of thiophene rings is 1. The largest absolute Gasteiger partial charge is 0.466 e. The Labute approximate surface area is 179 Å². The molecule has 2 aromatic rings. The summed E-state index contributed by atoms with van der Waals surface area (Å²) in [5.41, 5.74) is 0.129. The number of nitrogens with zero attached hydrogens (tertiary/aromatic N) is 1. The summed E-state index contributed by atoms with van der Waals surface area (Å²) in [5.74, 6) is -0.496. The van der Waals surface area contributed by atoms with Crippen molar-refractivity contribution in [2.24, 2.45) is 5.41 Å². The molecule has 0 radical (unpaired) electrons. The minimum Gasteiger partial charge on any atom is -0.466 e. The van der Waals surface area contributed by atoms with Gasteiger partial charge in [-0.25, -0.2) is 0 Å². The van der Waals surface area contributed by atoms with E-state index in [2.05, 4.69) is 0 Å². The third-order valence-corrected chi connectivity index (χ3v) is 6.58. The van der Waals surface area contributed by atoms with Crippen LogP contribution in [0, 0.1) is 5.41 Å². The van der Waals surface area contributed by atoms with Crippen LogP contribution in [0.1, 0.15) is 51.6 Å². The molecule has 1 aliphatic heterocycles. The Morgan fingerprint density at radius 2 is 1.97 bits per heavy atom. The van der Waals surface area contributed by atoms with Crippen LogP contribution < -0.4 is 0 Å². The summed E-state index contributed by atoms with van der Waals surface area (Å²) in [5, 5.41) is 0.612. The molecule has 3 rings (SSSR count). The molecule has 0 saturated carbocycles. The molecule has 1 saturated heterocycles. The maximum absolute atomic E-state index is 13.1. The number of halogens is 1. The van der Waals surface area contributed by atoms with E-state index in [1.165, 1.54) is 18.3 Å². The molecule has 2 heterocycles. The highest BCUT2D eigenvalue weighted by Gasteiger charge is 2.45. The van der Waals surface area contributed by atoms with Crippen molar-refractivity contribution in [1.82, 2.24) is 4.90 Å². The maximum atomic E-state index is 13.1. The van der Waals surface area contributed by atoms with Crippen molar-refractivity contribution in [2.45, 2.75) is 33.1 Å². The van der Waals surface area contributed by atoms with Gasteiger partial charge in [0.15, 0.2) is 5.78 Å². The van der Waals surface area contributed by atoms with Crippen LogP contribution in [-0.2, 0) is 16.0 Å². The first-order chi connectivity index (χ1) is 13.8. The average molecular weight is 434 g/mol. The van der Waals surface area contributed by atoms with Crippen molar-refractivity contribution >= 4 is 40.6 Å². The maximum Gasteiger partial charge on any atom is 0.314 e. The van der Waals surface area contributed by atoms with Crippen LogP contribution in [0.4, 0.5) is 0 Å². The average Bonchev–Trinajstić information content (AvgIpc) is 3.18. The third-order valence-electron chi connectivity index (χ3n) is 5.17. The van der Waals surface area contributed by atoms with E-state index in [1.807, 2.05) is 18.2 Å². The standard InChI is InChI=1S/C22H24ClNO4S/c1-3-28-21(27)22(13-16-6-4-7-17(23)12-16)10-5-11-24(14-22)20(26)19-9-8-18(29-19)15(2)25/h4,6-9,12H,3,5,10-11,13-14H2,1-2H3. The van der Waals surface area contributed by atoms with Crippen molar-refractivity contribution in [2.75, 3.05) is 19.7 Å². The minimum absolute atomic E-state index is 0.0606. The van der Waals surface area contributed by atoms with Crippen molar-refractivity contribution in [1.29, 1.82) is 0 Å². The van der Waals surface area contributed by atoms with Crippen molar-refractivity contribution in [3.05, 3.63) is 56.7 Å². The summed E-state index contributed by atoms with van der Waals surface area (Å²) in [7, 11) is 0. The van der Waals surface area contributed by atoms with Gasteiger partial charge in [-0.05, 0) is 62.9 Å². The first kappa shape index (κ1) is 21.5. The van der Waals surface area contributed by atoms with Gasteiger partial charge in [0, 0.05) is 18.1 Å². The summed E-state index contributed by atoms with van der Waals surface area (Å²) in [6.45, 7) is 4.41. The molecule has 7 heteroatoms. The number of hydrogen-bond acceptors (Lipinski definition) is 5. The number of carbonyl (C=O) groups is 3. The Balaban J connectivity index is 1.87. The molecule has 0 spiro atoms. The van der Waals surface area contributed by atoms with Crippen LogP contribution in [-0.4, -0.2) is 42.3 Å². The van der Waals surface area contributed by atoms with Gasteiger partial charge in [-0.2, -0.15) is 0 Å². The monoisotopic (exact) mass is 433 g/mol. The number of likely N-dealkylation sites (tertiary alicyclic amines) is 1. The Hall–Kier alpha value is -2.18. The normalized spacial score (nSPS) is 19.1. The summed E-state index contributed by atoms with van der Waals surface area (Å²) < 4.78 is 5.40. The lowest BCUT2D eigenvalue weighted by Gasteiger charge is -2.41. The number of ether oxygens (including phenoxy) is 1. The van der Waals surface area contributed by atoms with Crippen LogP contribution in [0.2, 0.25) is 5.02 Å². The SMILES string of the molecule is CCOC(=O)C1(Cc2cccc(Cl)c2)CCCN(C(=O)c2ccc(C(C)=O)s2)C1.